The maximum Gasteiger partial charge on any atom is 0.408 e. The molecule has 0 fully saturated rings. The number of hydrogen-bond donors (Lipinski definition) is 1. The van der Waals surface area contributed by atoms with Crippen LogP contribution in [0, 0.1) is 11.3 Å². The van der Waals surface area contributed by atoms with Crippen molar-refractivity contribution in [2.45, 2.75) is 45.3 Å². The fourth-order valence-corrected chi connectivity index (χ4v) is 1.64. The summed E-state index contributed by atoms with van der Waals surface area (Å²) in [5.41, 5.74) is -0.570. The highest BCUT2D eigenvalue weighted by Gasteiger charge is 2.29. The second kappa shape index (κ2) is 5.75. The second-order valence-corrected chi connectivity index (χ2v) is 5.73. The van der Waals surface area contributed by atoms with Gasteiger partial charge in [-0.3, -0.25) is 0 Å². The number of carbonyl (C=O) groups excluding carboxylic acids is 1. The molecule has 1 amide bonds. The summed E-state index contributed by atoms with van der Waals surface area (Å²) in [4.78, 5) is 11.7. The predicted molar refractivity (Wildman–Crippen MR) is 73.5 cm³/mol. The zero-order valence-corrected chi connectivity index (χ0v) is 11.9. The Balaban J connectivity index is 2.71. The Hall–Kier alpha value is -2.02. The minimum Gasteiger partial charge on any atom is -0.444 e. The first-order chi connectivity index (χ1) is 8.74. The van der Waals surface area contributed by atoms with Gasteiger partial charge in [-0.1, -0.05) is 30.3 Å². The lowest BCUT2D eigenvalue weighted by Gasteiger charge is -2.26. The van der Waals surface area contributed by atoms with Crippen LogP contribution in [0.5, 0.6) is 0 Å². The molecule has 1 unspecified atom stereocenters. The SMILES string of the molecule is CC(C#N)(Cc1ccccc1)NC(=O)OC(C)(C)C. The van der Waals surface area contributed by atoms with Crippen LogP contribution >= 0.6 is 0 Å². The standard InChI is InChI=1S/C15H20N2O2/c1-14(2,3)19-13(18)17-15(4,11-16)10-12-8-6-5-7-9-12/h5-9H,10H2,1-4H3,(H,17,18). The van der Waals surface area contributed by atoms with E-state index in [4.69, 9.17) is 4.74 Å². The molecule has 0 saturated heterocycles. The molecule has 0 aliphatic carbocycles. The van der Waals surface area contributed by atoms with Crippen LogP contribution in [0.25, 0.3) is 0 Å². The van der Waals surface area contributed by atoms with E-state index in [0.29, 0.717) is 6.42 Å². The van der Waals surface area contributed by atoms with E-state index in [9.17, 15) is 10.1 Å². The van der Waals surface area contributed by atoms with Crippen LogP contribution in [0.2, 0.25) is 0 Å². The molecule has 1 rings (SSSR count). The third kappa shape index (κ3) is 5.43. The largest absolute Gasteiger partial charge is 0.444 e. The summed E-state index contributed by atoms with van der Waals surface area (Å²) in [6, 6.07) is 11.7. The van der Waals surface area contributed by atoms with Gasteiger partial charge in [0.2, 0.25) is 0 Å². The van der Waals surface area contributed by atoms with E-state index in [2.05, 4.69) is 11.4 Å². The zero-order chi connectivity index (χ0) is 14.5. The predicted octanol–water partition coefficient (Wildman–Crippen LogP) is 3.04. The molecule has 0 heterocycles. The highest BCUT2D eigenvalue weighted by molar-refractivity contribution is 5.69. The van der Waals surface area contributed by atoms with E-state index in [1.165, 1.54) is 0 Å². The fourth-order valence-electron chi connectivity index (χ4n) is 1.64. The molecule has 0 radical (unpaired) electrons. The highest BCUT2D eigenvalue weighted by Crippen LogP contribution is 2.14. The minimum atomic E-state index is -0.982. The molecular formula is C15H20N2O2. The molecule has 0 aliphatic rings. The van der Waals surface area contributed by atoms with Crippen molar-refractivity contribution in [3.05, 3.63) is 35.9 Å². The van der Waals surface area contributed by atoms with Crippen molar-refractivity contribution in [1.82, 2.24) is 5.32 Å². The first kappa shape index (κ1) is 15.0. The summed E-state index contributed by atoms with van der Waals surface area (Å²) in [7, 11) is 0. The number of alkyl carbamates (subject to hydrolysis) is 1. The van der Waals surface area contributed by atoms with Crippen LogP contribution in [0.4, 0.5) is 4.79 Å². The first-order valence-corrected chi connectivity index (χ1v) is 6.20. The lowest BCUT2D eigenvalue weighted by molar-refractivity contribution is 0.0487. The minimum absolute atomic E-state index is 0.434. The Labute approximate surface area is 114 Å². The van der Waals surface area contributed by atoms with Gasteiger partial charge in [-0.05, 0) is 33.3 Å². The van der Waals surface area contributed by atoms with Crippen LogP contribution in [-0.2, 0) is 11.2 Å². The van der Waals surface area contributed by atoms with E-state index in [1.807, 2.05) is 30.3 Å². The summed E-state index contributed by atoms with van der Waals surface area (Å²) in [5, 5.41) is 11.9. The van der Waals surface area contributed by atoms with Crippen molar-refractivity contribution in [2.75, 3.05) is 0 Å². The molecule has 0 bridgehead atoms. The van der Waals surface area contributed by atoms with Crippen LogP contribution < -0.4 is 5.32 Å². The molecule has 4 heteroatoms. The maximum atomic E-state index is 11.7. The summed E-state index contributed by atoms with van der Waals surface area (Å²) in [6.07, 6.45) is -0.142. The molecule has 0 spiro atoms. The smallest absolute Gasteiger partial charge is 0.408 e. The number of ether oxygens (including phenoxy) is 1. The first-order valence-electron chi connectivity index (χ1n) is 6.20. The van der Waals surface area contributed by atoms with Gasteiger partial charge in [0.25, 0.3) is 0 Å². The third-order valence-corrected chi connectivity index (χ3v) is 2.42. The van der Waals surface area contributed by atoms with E-state index in [1.54, 1.807) is 27.7 Å². The van der Waals surface area contributed by atoms with E-state index in [0.717, 1.165) is 5.56 Å². The van der Waals surface area contributed by atoms with Crippen molar-refractivity contribution >= 4 is 6.09 Å². The molecule has 0 saturated carbocycles. The van der Waals surface area contributed by atoms with Gasteiger partial charge in [0.1, 0.15) is 11.1 Å². The van der Waals surface area contributed by atoms with Crippen LogP contribution in [0.3, 0.4) is 0 Å². The van der Waals surface area contributed by atoms with Gasteiger partial charge >= 0.3 is 6.09 Å². The molecule has 1 aromatic carbocycles. The Kier molecular flexibility index (Phi) is 4.55. The number of rotatable bonds is 3. The molecule has 1 aromatic rings. The molecule has 102 valence electrons. The van der Waals surface area contributed by atoms with Crippen LogP contribution in [0.15, 0.2) is 30.3 Å². The lowest BCUT2D eigenvalue weighted by atomic mass is 9.94. The molecule has 0 aliphatic heterocycles. The second-order valence-electron chi connectivity index (χ2n) is 5.73. The molecular weight excluding hydrogens is 240 g/mol. The summed E-state index contributed by atoms with van der Waals surface area (Å²) >= 11 is 0. The zero-order valence-electron chi connectivity index (χ0n) is 11.9. The fraction of sp³-hybridized carbons (Fsp3) is 0.467. The van der Waals surface area contributed by atoms with Gasteiger partial charge in [0, 0.05) is 6.42 Å². The van der Waals surface area contributed by atoms with Crippen molar-refractivity contribution in [2.24, 2.45) is 0 Å². The van der Waals surface area contributed by atoms with Gasteiger partial charge in [-0.15, -0.1) is 0 Å². The van der Waals surface area contributed by atoms with E-state index < -0.39 is 17.2 Å². The number of benzene rings is 1. The van der Waals surface area contributed by atoms with Crippen molar-refractivity contribution < 1.29 is 9.53 Å². The monoisotopic (exact) mass is 260 g/mol. The van der Waals surface area contributed by atoms with Gasteiger partial charge in [0.05, 0.1) is 6.07 Å². The van der Waals surface area contributed by atoms with Gasteiger partial charge in [-0.2, -0.15) is 5.26 Å². The van der Waals surface area contributed by atoms with E-state index >= 15 is 0 Å². The highest BCUT2D eigenvalue weighted by atomic mass is 16.6. The van der Waals surface area contributed by atoms with Crippen LogP contribution in [0.1, 0.15) is 33.3 Å². The molecule has 4 nitrogen and oxygen atoms in total. The number of nitrogens with zero attached hydrogens (tertiary/aromatic N) is 1. The normalized spacial score (nSPS) is 14.1. The van der Waals surface area contributed by atoms with Crippen LogP contribution in [-0.4, -0.2) is 17.2 Å². The van der Waals surface area contributed by atoms with Gasteiger partial charge in [0.15, 0.2) is 0 Å². The maximum absolute atomic E-state index is 11.7. The van der Waals surface area contributed by atoms with Gasteiger partial charge < -0.3 is 10.1 Å². The Bertz CT molecular complexity index is 471. The summed E-state index contributed by atoms with van der Waals surface area (Å²) < 4.78 is 5.17. The Morgan fingerprint density at radius 1 is 1.26 bits per heavy atom. The topological polar surface area (TPSA) is 62.1 Å². The lowest BCUT2D eigenvalue weighted by Crippen LogP contribution is -2.48. The number of amides is 1. The average Bonchev–Trinajstić information content (AvgIpc) is 2.27. The van der Waals surface area contributed by atoms with E-state index in [-0.39, 0.29) is 0 Å². The number of carbonyl (C=O) groups is 1. The number of nitriles is 1. The summed E-state index contributed by atoms with van der Waals surface area (Å²) in [5.74, 6) is 0. The summed E-state index contributed by atoms with van der Waals surface area (Å²) in [6.45, 7) is 7.04. The molecule has 1 N–H and O–H groups in total. The molecule has 0 aromatic heterocycles. The molecule has 1 atom stereocenters. The average molecular weight is 260 g/mol. The quantitative estimate of drug-likeness (QED) is 0.908. The Morgan fingerprint density at radius 3 is 2.32 bits per heavy atom. The Morgan fingerprint density at radius 2 is 1.84 bits per heavy atom. The number of hydrogen-bond acceptors (Lipinski definition) is 3. The third-order valence-electron chi connectivity index (χ3n) is 2.42. The van der Waals surface area contributed by atoms with Crippen molar-refractivity contribution in [1.29, 1.82) is 5.26 Å². The van der Waals surface area contributed by atoms with Gasteiger partial charge in [-0.25, -0.2) is 4.79 Å². The molecule has 19 heavy (non-hydrogen) atoms. The van der Waals surface area contributed by atoms with Crippen molar-refractivity contribution in [3.8, 4) is 6.07 Å². The number of nitrogens with one attached hydrogen (secondary N) is 1. The van der Waals surface area contributed by atoms with Crippen molar-refractivity contribution in [3.63, 3.8) is 0 Å².